The number of hydrogen-bond donors (Lipinski definition) is 1. The smallest absolute Gasteiger partial charge is 0.273 e. The van der Waals surface area contributed by atoms with Crippen LogP contribution in [0.5, 0.6) is 17.2 Å². The molecule has 9 nitrogen and oxygen atoms in total. The molecule has 1 aliphatic rings. The molecule has 0 bridgehead atoms. The summed E-state index contributed by atoms with van der Waals surface area (Å²) in [6.45, 7) is 2.80. The Hall–Kier alpha value is -3.59. The molecule has 0 aliphatic carbocycles. The van der Waals surface area contributed by atoms with Crippen LogP contribution in [0.1, 0.15) is 35.7 Å². The number of aromatic nitrogens is 2. The maximum absolute atomic E-state index is 11.2. The van der Waals surface area contributed by atoms with Gasteiger partial charge in [0.05, 0.1) is 25.2 Å². The molecule has 0 atom stereocenters. The van der Waals surface area contributed by atoms with E-state index < -0.39 is 4.92 Å². The SMILES string of the molecule is COc1ccc(Cn2ccnc2C2CCN(Cc3cc([N+](=O)[O-])cc(OC)c3O)CC2)cc1. The lowest BCUT2D eigenvalue weighted by Gasteiger charge is -2.32. The molecule has 0 spiro atoms. The summed E-state index contributed by atoms with van der Waals surface area (Å²) in [5, 5.41) is 21.7. The van der Waals surface area contributed by atoms with Crippen LogP contribution in [0.4, 0.5) is 5.69 Å². The fourth-order valence-electron chi connectivity index (χ4n) is 4.36. The molecule has 1 N–H and O–H groups in total. The third-order valence-electron chi connectivity index (χ3n) is 6.18. The predicted molar refractivity (Wildman–Crippen MR) is 123 cm³/mol. The number of piperidine rings is 1. The summed E-state index contributed by atoms with van der Waals surface area (Å²) < 4.78 is 12.5. The molecular weight excluding hydrogens is 424 g/mol. The van der Waals surface area contributed by atoms with E-state index in [1.54, 1.807) is 7.11 Å². The summed E-state index contributed by atoms with van der Waals surface area (Å²) in [7, 11) is 3.05. The van der Waals surface area contributed by atoms with Gasteiger partial charge in [-0.3, -0.25) is 15.0 Å². The Balaban J connectivity index is 1.41. The third kappa shape index (κ3) is 5.09. The number of likely N-dealkylation sites (tertiary alicyclic amines) is 1. The van der Waals surface area contributed by atoms with Gasteiger partial charge >= 0.3 is 0 Å². The first-order valence-corrected chi connectivity index (χ1v) is 10.9. The Morgan fingerprint density at radius 3 is 2.48 bits per heavy atom. The van der Waals surface area contributed by atoms with Crippen LogP contribution in [0.2, 0.25) is 0 Å². The van der Waals surface area contributed by atoms with Gasteiger partial charge in [-0.25, -0.2) is 4.98 Å². The van der Waals surface area contributed by atoms with Crippen LogP contribution < -0.4 is 9.47 Å². The van der Waals surface area contributed by atoms with Crippen LogP contribution in [-0.4, -0.2) is 51.8 Å². The third-order valence-corrected chi connectivity index (χ3v) is 6.18. The molecule has 0 unspecified atom stereocenters. The van der Waals surface area contributed by atoms with Crippen molar-refractivity contribution in [2.24, 2.45) is 0 Å². The first-order chi connectivity index (χ1) is 16.0. The Morgan fingerprint density at radius 2 is 1.85 bits per heavy atom. The van der Waals surface area contributed by atoms with E-state index in [2.05, 4.69) is 26.6 Å². The number of phenolic OH excluding ortho intramolecular Hbond substituents is 1. The average molecular weight is 453 g/mol. The zero-order valence-corrected chi connectivity index (χ0v) is 18.8. The largest absolute Gasteiger partial charge is 0.504 e. The molecule has 0 amide bonds. The first kappa shape index (κ1) is 22.6. The fraction of sp³-hybridized carbons (Fsp3) is 0.375. The lowest BCUT2D eigenvalue weighted by atomic mass is 9.95. The Kier molecular flexibility index (Phi) is 6.79. The number of methoxy groups -OCH3 is 2. The van der Waals surface area contributed by atoms with Crippen LogP contribution in [0.25, 0.3) is 0 Å². The molecule has 2 heterocycles. The van der Waals surface area contributed by atoms with E-state index in [4.69, 9.17) is 9.47 Å². The van der Waals surface area contributed by atoms with E-state index >= 15 is 0 Å². The normalized spacial score (nSPS) is 14.8. The number of non-ortho nitro benzene ring substituents is 1. The number of nitro groups is 1. The van der Waals surface area contributed by atoms with E-state index in [1.807, 2.05) is 24.5 Å². The number of imidazole rings is 1. The van der Waals surface area contributed by atoms with Crippen molar-refractivity contribution in [1.82, 2.24) is 14.5 Å². The van der Waals surface area contributed by atoms with Crippen molar-refractivity contribution in [2.45, 2.75) is 31.8 Å². The minimum Gasteiger partial charge on any atom is -0.504 e. The van der Waals surface area contributed by atoms with Crippen molar-refractivity contribution in [3.05, 3.63) is 75.9 Å². The van der Waals surface area contributed by atoms with E-state index in [-0.39, 0.29) is 17.2 Å². The molecular formula is C24H28N4O5. The van der Waals surface area contributed by atoms with Crippen LogP contribution in [0.3, 0.4) is 0 Å². The van der Waals surface area contributed by atoms with Crippen molar-refractivity contribution < 1.29 is 19.5 Å². The van der Waals surface area contributed by atoms with Gasteiger partial charge in [0.15, 0.2) is 11.5 Å². The number of phenols is 1. The highest BCUT2D eigenvalue weighted by molar-refractivity contribution is 5.53. The molecule has 1 saturated heterocycles. The van der Waals surface area contributed by atoms with Gasteiger partial charge < -0.3 is 19.1 Å². The first-order valence-electron chi connectivity index (χ1n) is 10.9. The summed E-state index contributed by atoms with van der Waals surface area (Å²) in [6, 6.07) is 10.7. The number of benzene rings is 2. The number of aromatic hydroxyl groups is 1. The van der Waals surface area contributed by atoms with Gasteiger partial charge in [0.1, 0.15) is 11.6 Å². The quantitative estimate of drug-likeness (QED) is 0.408. The predicted octanol–water partition coefficient (Wildman–Crippen LogP) is 3.94. The zero-order valence-electron chi connectivity index (χ0n) is 18.8. The van der Waals surface area contributed by atoms with Gasteiger partial charge in [-0.15, -0.1) is 0 Å². The Bertz CT molecular complexity index is 1100. The number of rotatable bonds is 8. The average Bonchev–Trinajstić information content (AvgIpc) is 3.29. The van der Waals surface area contributed by atoms with E-state index in [1.165, 1.54) is 24.8 Å². The molecule has 3 aromatic rings. The molecule has 4 rings (SSSR count). The standard InChI is InChI=1S/C24H28N4O5/c1-32-21-5-3-17(4-6-21)15-27-12-9-25-24(27)18-7-10-26(11-8-18)16-19-13-20(28(30)31)14-22(33-2)23(19)29/h3-6,9,12-14,18,29H,7-8,10-11,15-16H2,1-2H3. The maximum Gasteiger partial charge on any atom is 0.273 e. The van der Waals surface area contributed by atoms with Crippen molar-refractivity contribution in [3.63, 3.8) is 0 Å². The summed E-state index contributed by atoms with van der Waals surface area (Å²) in [6.07, 6.45) is 5.71. The van der Waals surface area contributed by atoms with Gasteiger partial charge in [-0.1, -0.05) is 12.1 Å². The van der Waals surface area contributed by atoms with Crippen molar-refractivity contribution >= 4 is 5.69 Å². The molecule has 0 radical (unpaired) electrons. The van der Waals surface area contributed by atoms with Gasteiger partial charge in [-0.2, -0.15) is 0 Å². The number of nitrogens with zero attached hydrogens (tertiary/aromatic N) is 4. The monoisotopic (exact) mass is 452 g/mol. The lowest BCUT2D eigenvalue weighted by molar-refractivity contribution is -0.385. The molecule has 1 aromatic heterocycles. The summed E-state index contributed by atoms with van der Waals surface area (Å²) >= 11 is 0. The number of ether oxygens (including phenoxy) is 2. The Labute approximate surface area is 192 Å². The second-order valence-electron chi connectivity index (χ2n) is 8.22. The zero-order chi connectivity index (χ0) is 23.4. The summed E-state index contributed by atoms with van der Waals surface area (Å²) in [4.78, 5) is 17.6. The topological polar surface area (TPSA) is 103 Å². The molecule has 174 valence electrons. The van der Waals surface area contributed by atoms with Crippen LogP contribution in [-0.2, 0) is 13.1 Å². The maximum atomic E-state index is 11.2. The lowest BCUT2D eigenvalue weighted by Crippen LogP contribution is -2.33. The number of nitro benzene ring substituents is 1. The van der Waals surface area contributed by atoms with E-state index in [0.717, 1.165) is 44.0 Å². The van der Waals surface area contributed by atoms with E-state index in [0.29, 0.717) is 18.0 Å². The summed E-state index contributed by atoms with van der Waals surface area (Å²) in [5.74, 6) is 2.33. The van der Waals surface area contributed by atoms with Gasteiger partial charge in [0.25, 0.3) is 5.69 Å². The summed E-state index contributed by atoms with van der Waals surface area (Å²) in [5.41, 5.74) is 1.60. The number of hydrogen-bond acceptors (Lipinski definition) is 7. The van der Waals surface area contributed by atoms with E-state index in [9.17, 15) is 15.2 Å². The van der Waals surface area contributed by atoms with Crippen molar-refractivity contribution in [2.75, 3.05) is 27.3 Å². The van der Waals surface area contributed by atoms with Crippen LogP contribution >= 0.6 is 0 Å². The molecule has 1 fully saturated rings. The second kappa shape index (κ2) is 9.91. The van der Waals surface area contributed by atoms with Gasteiger partial charge in [0, 0.05) is 43.0 Å². The molecule has 0 saturated carbocycles. The highest BCUT2D eigenvalue weighted by atomic mass is 16.6. The van der Waals surface area contributed by atoms with Gasteiger partial charge in [0.2, 0.25) is 0 Å². The van der Waals surface area contributed by atoms with Crippen LogP contribution in [0.15, 0.2) is 48.8 Å². The Morgan fingerprint density at radius 1 is 1.12 bits per heavy atom. The molecule has 2 aromatic carbocycles. The van der Waals surface area contributed by atoms with Crippen LogP contribution in [0, 0.1) is 10.1 Å². The minimum atomic E-state index is -0.472. The molecule has 33 heavy (non-hydrogen) atoms. The fourth-order valence-corrected chi connectivity index (χ4v) is 4.36. The minimum absolute atomic E-state index is 0.0414. The molecule has 1 aliphatic heterocycles. The highest BCUT2D eigenvalue weighted by Gasteiger charge is 2.26. The molecule has 9 heteroatoms. The van der Waals surface area contributed by atoms with Crippen molar-refractivity contribution in [1.29, 1.82) is 0 Å². The highest BCUT2D eigenvalue weighted by Crippen LogP contribution is 2.36. The second-order valence-corrected chi connectivity index (χ2v) is 8.22. The van der Waals surface area contributed by atoms with Crippen molar-refractivity contribution in [3.8, 4) is 17.2 Å². The van der Waals surface area contributed by atoms with Gasteiger partial charge in [-0.05, 0) is 43.6 Å².